The second kappa shape index (κ2) is 8.51. The fourth-order valence-corrected chi connectivity index (χ4v) is 2.66. The number of carbonyl (C=O) groups is 2. The number of hydrogen-bond acceptors (Lipinski definition) is 6. The van der Waals surface area contributed by atoms with Gasteiger partial charge in [0.25, 0.3) is 5.91 Å². The summed E-state index contributed by atoms with van der Waals surface area (Å²) in [5.41, 5.74) is 1.54. The largest absolute Gasteiger partial charge is 0.548 e. The molecule has 0 aliphatic rings. The zero-order valence-electron chi connectivity index (χ0n) is 15.1. The number of ether oxygens (including phenoxy) is 1. The maximum atomic E-state index is 11.9. The molecular formula is C19H22NO6-. The number of aryl methyl sites for hydroxylation is 2. The Morgan fingerprint density at radius 3 is 2.73 bits per heavy atom. The fraction of sp³-hybridized carbons (Fsp3) is 0.421. The van der Waals surface area contributed by atoms with E-state index < -0.39 is 30.2 Å². The van der Waals surface area contributed by atoms with Gasteiger partial charge in [-0.2, -0.15) is 0 Å². The number of carbonyl (C=O) groups excluding carboxylic acids is 2. The van der Waals surface area contributed by atoms with Crippen LogP contribution in [0.4, 0.5) is 0 Å². The summed E-state index contributed by atoms with van der Waals surface area (Å²) in [6.45, 7) is 4.74. The fourth-order valence-electron chi connectivity index (χ4n) is 2.66. The van der Waals surface area contributed by atoms with E-state index in [4.69, 9.17) is 9.15 Å². The third-order valence-corrected chi connectivity index (χ3v) is 4.08. The molecule has 1 amide bonds. The minimum Gasteiger partial charge on any atom is -0.548 e. The van der Waals surface area contributed by atoms with Crippen molar-refractivity contribution in [2.75, 3.05) is 6.54 Å². The molecule has 26 heavy (non-hydrogen) atoms. The summed E-state index contributed by atoms with van der Waals surface area (Å²) < 4.78 is 11.0. The maximum Gasteiger partial charge on any atom is 0.336 e. The predicted octanol–water partition coefficient (Wildman–Crippen LogP) is 1.08. The lowest BCUT2D eigenvalue weighted by molar-refractivity contribution is -0.304. The molecule has 0 radical (unpaired) electrons. The zero-order chi connectivity index (χ0) is 19.3. The molecule has 0 bridgehead atoms. The average molecular weight is 360 g/mol. The number of nitrogens with one attached hydrogen (secondary N) is 1. The number of fused-ring (bicyclic) bond motifs is 1. The first-order valence-corrected chi connectivity index (χ1v) is 8.54. The number of rotatable bonds is 8. The molecule has 1 aromatic carbocycles. The minimum absolute atomic E-state index is 0.393. The summed E-state index contributed by atoms with van der Waals surface area (Å²) in [6, 6.07) is 5.03. The van der Waals surface area contributed by atoms with Crippen LogP contribution in [0.5, 0.6) is 5.75 Å². The van der Waals surface area contributed by atoms with Crippen LogP contribution in [-0.4, -0.2) is 24.5 Å². The highest BCUT2D eigenvalue weighted by Crippen LogP contribution is 2.29. The molecule has 0 spiro atoms. The summed E-state index contributed by atoms with van der Waals surface area (Å²) in [7, 11) is 0. The highest BCUT2D eigenvalue weighted by atomic mass is 16.5. The monoisotopic (exact) mass is 360 g/mol. The van der Waals surface area contributed by atoms with Gasteiger partial charge in [0.2, 0.25) is 0 Å². The predicted molar refractivity (Wildman–Crippen MR) is 93.9 cm³/mol. The summed E-state index contributed by atoms with van der Waals surface area (Å²) in [5.74, 6) is -1.56. The van der Waals surface area contributed by atoms with Crippen LogP contribution < -0.4 is 20.8 Å². The third-order valence-electron chi connectivity index (χ3n) is 4.08. The van der Waals surface area contributed by atoms with E-state index in [1.165, 1.54) is 13.0 Å². The molecule has 140 valence electrons. The lowest BCUT2D eigenvalue weighted by atomic mass is 10.0. The molecule has 0 aliphatic carbocycles. The highest BCUT2D eigenvalue weighted by Gasteiger charge is 2.18. The molecule has 2 rings (SSSR count). The van der Waals surface area contributed by atoms with Gasteiger partial charge in [0.05, 0.1) is 12.5 Å². The van der Waals surface area contributed by atoms with Crippen molar-refractivity contribution in [2.45, 2.75) is 46.1 Å². The van der Waals surface area contributed by atoms with E-state index in [9.17, 15) is 19.5 Å². The SMILES string of the molecule is CCCCc1cc(=O)oc2c(C)c(O[C@@H](C)C(=O)NCC(=O)[O-])ccc12. The van der Waals surface area contributed by atoms with Gasteiger partial charge in [0.15, 0.2) is 6.10 Å². The molecular weight excluding hydrogens is 338 g/mol. The smallest absolute Gasteiger partial charge is 0.336 e. The Balaban J connectivity index is 2.29. The molecule has 7 nitrogen and oxygen atoms in total. The molecule has 1 N–H and O–H groups in total. The molecule has 2 aromatic rings. The molecule has 1 atom stereocenters. The van der Waals surface area contributed by atoms with Crippen LogP contribution in [0, 0.1) is 6.92 Å². The van der Waals surface area contributed by atoms with E-state index >= 15 is 0 Å². The molecule has 0 aliphatic heterocycles. The van der Waals surface area contributed by atoms with Gasteiger partial charge in [-0.3, -0.25) is 4.79 Å². The number of hydrogen-bond donors (Lipinski definition) is 1. The number of unbranched alkanes of at least 4 members (excludes halogenated alkanes) is 1. The van der Waals surface area contributed by atoms with Crippen molar-refractivity contribution >= 4 is 22.8 Å². The normalized spacial score (nSPS) is 12.0. The van der Waals surface area contributed by atoms with Crippen LogP contribution in [0.2, 0.25) is 0 Å². The first kappa shape index (κ1) is 19.5. The van der Waals surface area contributed by atoms with Gasteiger partial charge < -0.3 is 24.4 Å². The van der Waals surface area contributed by atoms with Crippen molar-refractivity contribution in [1.82, 2.24) is 5.32 Å². The standard InChI is InChI=1S/C19H23NO6/c1-4-5-6-13-9-17(23)26-18-11(2)15(8-7-14(13)18)25-12(3)19(24)20-10-16(21)22/h7-9,12H,4-6,10H2,1-3H3,(H,20,24)(H,21,22)/p-1/t12-/m0/s1. The van der Waals surface area contributed by atoms with Crippen molar-refractivity contribution in [3.8, 4) is 5.75 Å². The molecule has 1 heterocycles. The Morgan fingerprint density at radius 1 is 1.35 bits per heavy atom. The molecule has 0 saturated carbocycles. The van der Waals surface area contributed by atoms with Crippen LogP contribution >= 0.6 is 0 Å². The topological polar surface area (TPSA) is 109 Å². The summed E-state index contributed by atoms with van der Waals surface area (Å²) in [4.78, 5) is 34.1. The van der Waals surface area contributed by atoms with Crippen molar-refractivity contribution in [3.63, 3.8) is 0 Å². The average Bonchev–Trinajstić information content (AvgIpc) is 2.60. The zero-order valence-corrected chi connectivity index (χ0v) is 15.1. The lowest BCUT2D eigenvalue weighted by Crippen LogP contribution is -2.43. The van der Waals surface area contributed by atoms with Crippen LogP contribution in [-0.2, 0) is 16.0 Å². The second-order valence-electron chi connectivity index (χ2n) is 6.11. The van der Waals surface area contributed by atoms with Crippen molar-refractivity contribution in [1.29, 1.82) is 0 Å². The van der Waals surface area contributed by atoms with Crippen LogP contribution in [0.25, 0.3) is 11.0 Å². The first-order chi connectivity index (χ1) is 12.3. The van der Waals surface area contributed by atoms with Gasteiger partial charge in [0.1, 0.15) is 11.3 Å². The maximum absolute atomic E-state index is 11.9. The Bertz CT molecular complexity index is 870. The van der Waals surface area contributed by atoms with E-state index in [0.29, 0.717) is 16.9 Å². The summed E-state index contributed by atoms with van der Waals surface area (Å²) >= 11 is 0. The third kappa shape index (κ3) is 4.62. The molecule has 1 aromatic heterocycles. The van der Waals surface area contributed by atoms with Gasteiger partial charge in [-0.1, -0.05) is 13.3 Å². The van der Waals surface area contributed by atoms with Gasteiger partial charge in [0, 0.05) is 17.0 Å². The van der Waals surface area contributed by atoms with E-state index in [0.717, 1.165) is 30.2 Å². The number of benzene rings is 1. The number of aliphatic carboxylic acids is 1. The Hall–Kier alpha value is -2.83. The summed E-state index contributed by atoms with van der Waals surface area (Å²) in [5, 5.41) is 13.5. The highest BCUT2D eigenvalue weighted by molar-refractivity contribution is 5.86. The van der Waals surface area contributed by atoms with Gasteiger partial charge in [-0.15, -0.1) is 0 Å². The summed E-state index contributed by atoms with van der Waals surface area (Å²) in [6.07, 6.45) is 1.84. The number of carboxylic acids is 1. The van der Waals surface area contributed by atoms with Crippen molar-refractivity contribution in [3.05, 3.63) is 39.7 Å². The van der Waals surface area contributed by atoms with Crippen LogP contribution in [0.3, 0.4) is 0 Å². The van der Waals surface area contributed by atoms with Crippen molar-refractivity contribution in [2.24, 2.45) is 0 Å². The Kier molecular flexibility index (Phi) is 6.38. The molecule has 0 unspecified atom stereocenters. The van der Waals surface area contributed by atoms with E-state index in [2.05, 4.69) is 12.2 Å². The lowest BCUT2D eigenvalue weighted by Gasteiger charge is -2.17. The van der Waals surface area contributed by atoms with E-state index in [1.54, 1.807) is 19.1 Å². The number of carboxylic acid groups (broad SMARTS) is 1. The van der Waals surface area contributed by atoms with Gasteiger partial charge >= 0.3 is 5.63 Å². The van der Waals surface area contributed by atoms with E-state index in [1.807, 2.05) is 0 Å². The van der Waals surface area contributed by atoms with Crippen LogP contribution in [0.15, 0.2) is 27.4 Å². The quantitative estimate of drug-likeness (QED) is 0.706. The second-order valence-corrected chi connectivity index (χ2v) is 6.11. The minimum atomic E-state index is -1.38. The van der Waals surface area contributed by atoms with Crippen LogP contribution in [0.1, 0.15) is 37.8 Å². The number of amides is 1. The Morgan fingerprint density at radius 2 is 2.08 bits per heavy atom. The Labute approximate surface area is 151 Å². The molecule has 0 fully saturated rings. The first-order valence-electron chi connectivity index (χ1n) is 8.54. The van der Waals surface area contributed by atoms with E-state index in [-0.39, 0.29) is 0 Å². The van der Waals surface area contributed by atoms with Gasteiger partial charge in [-0.25, -0.2) is 4.79 Å². The molecule has 7 heteroatoms. The molecule has 0 saturated heterocycles. The van der Waals surface area contributed by atoms with Crippen molar-refractivity contribution < 1.29 is 23.8 Å². The van der Waals surface area contributed by atoms with Gasteiger partial charge in [-0.05, 0) is 44.4 Å².